The average molecular weight is 209 g/mol. The van der Waals surface area contributed by atoms with Crippen LogP contribution in [0.5, 0.6) is 0 Å². The van der Waals surface area contributed by atoms with Crippen molar-refractivity contribution >= 4 is 28.5 Å². The van der Waals surface area contributed by atoms with E-state index < -0.39 is 0 Å². The standard InChI is InChI=1S/C9H9ClN4/c1-2-11-9-8-6(12-5-13-9)3-4-7(10)14-8/h3-5H,2H2,1H3,(H,11,12,13). The van der Waals surface area contributed by atoms with Crippen molar-refractivity contribution in [1.82, 2.24) is 15.0 Å². The normalized spacial score (nSPS) is 10.4. The quantitative estimate of drug-likeness (QED) is 0.768. The van der Waals surface area contributed by atoms with Crippen LogP contribution in [0.15, 0.2) is 18.5 Å². The highest BCUT2D eigenvalue weighted by Crippen LogP contribution is 2.18. The zero-order valence-electron chi connectivity index (χ0n) is 7.66. The van der Waals surface area contributed by atoms with Gasteiger partial charge in [-0.2, -0.15) is 0 Å². The lowest BCUT2D eigenvalue weighted by Crippen LogP contribution is -2.01. The molecule has 1 N–H and O–H groups in total. The largest absolute Gasteiger partial charge is 0.368 e. The molecule has 2 rings (SSSR count). The summed E-state index contributed by atoms with van der Waals surface area (Å²) in [7, 11) is 0. The lowest BCUT2D eigenvalue weighted by Gasteiger charge is -2.04. The topological polar surface area (TPSA) is 50.7 Å². The highest BCUT2D eigenvalue weighted by molar-refractivity contribution is 6.29. The van der Waals surface area contributed by atoms with E-state index >= 15 is 0 Å². The van der Waals surface area contributed by atoms with Gasteiger partial charge in [0.25, 0.3) is 0 Å². The number of hydrogen-bond donors (Lipinski definition) is 1. The molecule has 0 aliphatic carbocycles. The number of nitrogens with one attached hydrogen (secondary N) is 1. The Bertz CT molecular complexity index is 458. The summed E-state index contributed by atoms with van der Waals surface area (Å²) in [6.07, 6.45) is 1.51. The summed E-state index contributed by atoms with van der Waals surface area (Å²) in [5.41, 5.74) is 1.50. The van der Waals surface area contributed by atoms with Gasteiger partial charge in [-0.15, -0.1) is 0 Å². The smallest absolute Gasteiger partial charge is 0.156 e. The van der Waals surface area contributed by atoms with E-state index in [4.69, 9.17) is 11.6 Å². The van der Waals surface area contributed by atoms with Gasteiger partial charge in [-0.25, -0.2) is 15.0 Å². The second kappa shape index (κ2) is 3.75. The number of rotatable bonds is 2. The highest BCUT2D eigenvalue weighted by atomic mass is 35.5. The van der Waals surface area contributed by atoms with Crippen LogP contribution in [0.25, 0.3) is 11.0 Å². The molecule has 0 aliphatic heterocycles. The fraction of sp³-hybridized carbons (Fsp3) is 0.222. The van der Waals surface area contributed by atoms with Gasteiger partial charge in [0.2, 0.25) is 0 Å². The van der Waals surface area contributed by atoms with Gasteiger partial charge in [-0.05, 0) is 19.1 Å². The minimum atomic E-state index is 0.450. The first-order valence-electron chi connectivity index (χ1n) is 4.32. The average Bonchev–Trinajstić information content (AvgIpc) is 2.19. The zero-order chi connectivity index (χ0) is 9.97. The van der Waals surface area contributed by atoms with E-state index in [1.54, 1.807) is 6.07 Å². The molecule has 4 nitrogen and oxygen atoms in total. The van der Waals surface area contributed by atoms with E-state index in [0.717, 1.165) is 17.9 Å². The van der Waals surface area contributed by atoms with Gasteiger partial charge in [0.05, 0.1) is 5.52 Å². The summed E-state index contributed by atoms with van der Waals surface area (Å²) in [6, 6.07) is 3.54. The highest BCUT2D eigenvalue weighted by Gasteiger charge is 2.03. The molecule has 72 valence electrons. The molecule has 0 radical (unpaired) electrons. The fourth-order valence-corrected chi connectivity index (χ4v) is 1.36. The Hall–Kier alpha value is -1.42. The van der Waals surface area contributed by atoms with Crippen molar-refractivity contribution in [3.8, 4) is 0 Å². The summed E-state index contributed by atoms with van der Waals surface area (Å²) in [5.74, 6) is 0.722. The van der Waals surface area contributed by atoms with Crippen molar-refractivity contribution in [2.24, 2.45) is 0 Å². The van der Waals surface area contributed by atoms with E-state index in [2.05, 4.69) is 20.3 Å². The predicted molar refractivity (Wildman–Crippen MR) is 56.5 cm³/mol. The van der Waals surface area contributed by atoms with E-state index in [0.29, 0.717) is 10.7 Å². The van der Waals surface area contributed by atoms with Gasteiger partial charge < -0.3 is 5.32 Å². The van der Waals surface area contributed by atoms with Gasteiger partial charge in [0, 0.05) is 6.54 Å². The van der Waals surface area contributed by atoms with E-state index in [9.17, 15) is 0 Å². The van der Waals surface area contributed by atoms with E-state index in [1.165, 1.54) is 6.33 Å². The maximum absolute atomic E-state index is 5.80. The van der Waals surface area contributed by atoms with Gasteiger partial charge >= 0.3 is 0 Å². The fourth-order valence-electron chi connectivity index (χ4n) is 1.21. The third kappa shape index (κ3) is 1.61. The molecule has 0 aromatic carbocycles. The molecule has 2 heterocycles. The van der Waals surface area contributed by atoms with Crippen molar-refractivity contribution in [3.63, 3.8) is 0 Å². The van der Waals surface area contributed by atoms with Crippen LogP contribution in [0.1, 0.15) is 6.92 Å². The molecule has 5 heteroatoms. The molecule has 0 spiro atoms. The molecule has 0 saturated heterocycles. The molecular weight excluding hydrogens is 200 g/mol. The molecule has 14 heavy (non-hydrogen) atoms. The van der Waals surface area contributed by atoms with E-state index in [1.807, 2.05) is 13.0 Å². The molecule has 0 fully saturated rings. The number of pyridine rings is 1. The third-order valence-corrected chi connectivity index (χ3v) is 2.00. The summed E-state index contributed by atoms with van der Waals surface area (Å²) >= 11 is 5.80. The summed E-state index contributed by atoms with van der Waals surface area (Å²) < 4.78 is 0. The van der Waals surface area contributed by atoms with Crippen LogP contribution in [0, 0.1) is 0 Å². The Labute approximate surface area is 86.4 Å². The summed E-state index contributed by atoms with van der Waals surface area (Å²) in [4.78, 5) is 12.4. The number of halogens is 1. The maximum atomic E-state index is 5.80. The van der Waals surface area contributed by atoms with Gasteiger partial charge in [0.15, 0.2) is 5.82 Å². The zero-order valence-corrected chi connectivity index (χ0v) is 8.41. The van der Waals surface area contributed by atoms with Crippen molar-refractivity contribution in [1.29, 1.82) is 0 Å². The van der Waals surface area contributed by atoms with Crippen molar-refractivity contribution in [3.05, 3.63) is 23.6 Å². The van der Waals surface area contributed by atoms with Crippen molar-refractivity contribution in [2.45, 2.75) is 6.92 Å². The SMILES string of the molecule is CCNc1ncnc2ccc(Cl)nc12. The number of nitrogens with zero attached hydrogens (tertiary/aromatic N) is 3. The molecule has 2 aromatic rings. The number of hydrogen-bond acceptors (Lipinski definition) is 4. The minimum Gasteiger partial charge on any atom is -0.368 e. The molecule has 0 aliphatic rings. The first-order chi connectivity index (χ1) is 6.81. The van der Waals surface area contributed by atoms with Gasteiger partial charge in [-0.1, -0.05) is 11.6 Å². The lowest BCUT2D eigenvalue weighted by molar-refractivity contribution is 1.13. The second-order valence-electron chi connectivity index (χ2n) is 2.75. The van der Waals surface area contributed by atoms with Crippen LogP contribution in [0.4, 0.5) is 5.82 Å². The minimum absolute atomic E-state index is 0.450. The van der Waals surface area contributed by atoms with Crippen LogP contribution in [-0.2, 0) is 0 Å². The molecule has 0 atom stereocenters. The second-order valence-corrected chi connectivity index (χ2v) is 3.14. The number of anilines is 1. The summed E-state index contributed by atoms with van der Waals surface area (Å²) in [5, 5.41) is 3.56. The van der Waals surface area contributed by atoms with Crippen LogP contribution in [-0.4, -0.2) is 21.5 Å². The van der Waals surface area contributed by atoms with E-state index in [-0.39, 0.29) is 0 Å². The predicted octanol–water partition coefficient (Wildman–Crippen LogP) is 2.11. The lowest BCUT2D eigenvalue weighted by atomic mass is 10.3. The molecule has 2 aromatic heterocycles. The molecule has 0 unspecified atom stereocenters. The van der Waals surface area contributed by atoms with Gasteiger partial charge in [-0.3, -0.25) is 0 Å². The number of fused-ring (bicyclic) bond motifs is 1. The Morgan fingerprint density at radius 3 is 3.00 bits per heavy atom. The van der Waals surface area contributed by atoms with Crippen molar-refractivity contribution in [2.75, 3.05) is 11.9 Å². The first-order valence-corrected chi connectivity index (χ1v) is 4.70. The maximum Gasteiger partial charge on any atom is 0.156 e. The van der Waals surface area contributed by atoms with Crippen LogP contribution in [0.2, 0.25) is 5.15 Å². The first kappa shape index (κ1) is 9.15. The summed E-state index contributed by atoms with van der Waals surface area (Å²) in [6.45, 7) is 2.79. The Morgan fingerprint density at radius 1 is 1.36 bits per heavy atom. The van der Waals surface area contributed by atoms with Crippen molar-refractivity contribution < 1.29 is 0 Å². The monoisotopic (exact) mass is 208 g/mol. The molecular formula is C9H9ClN4. The Morgan fingerprint density at radius 2 is 2.21 bits per heavy atom. The molecule has 0 amide bonds. The van der Waals surface area contributed by atoms with Crippen LogP contribution >= 0.6 is 11.6 Å². The third-order valence-electron chi connectivity index (χ3n) is 1.79. The molecule has 0 bridgehead atoms. The Balaban J connectivity index is 2.64. The van der Waals surface area contributed by atoms with Crippen LogP contribution < -0.4 is 5.32 Å². The van der Waals surface area contributed by atoms with Crippen LogP contribution in [0.3, 0.4) is 0 Å². The molecule has 0 saturated carbocycles. The van der Waals surface area contributed by atoms with Gasteiger partial charge in [0.1, 0.15) is 17.0 Å². The Kier molecular flexibility index (Phi) is 2.45. The number of aromatic nitrogens is 3.